The Morgan fingerprint density at radius 1 is 1.31 bits per heavy atom. The zero-order chi connectivity index (χ0) is 12.6. The van der Waals surface area contributed by atoms with Crippen molar-refractivity contribution in [1.29, 1.82) is 0 Å². The number of carbonyl (C=O) groups is 2. The third-order valence-electron chi connectivity index (χ3n) is 2.36. The van der Waals surface area contributed by atoms with Gasteiger partial charge in [-0.3, -0.25) is 4.79 Å². The van der Waals surface area contributed by atoms with Crippen LogP contribution in [0.2, 0.25) is 0 Å². The number of hydrogen-bond acceptors (Lipinski definition) is 4. The summed E-state index contributed by atoms with van der Waals surface area (Å²) in [6, 6.07) is 0. The fourth-order valence-electron chi connectivity index (χ4n) is 1.46. The van der Waals surface area contributed by atoms with Gasteiger partial charge in [-0.2, -0.15) is 12.6 Å². The molecule has 16 heavy (non-hydrogen) atoms. The zero-order valence-electron chi connectivity index (χ0n) is 9.40. The van der Waals surface area contributed by atoms with Gasteiger partial charge in [-0.15, -0.1) is 0 Å². The van der Waals surface area contributed by atoms with Crippen LogP contribution in [0.15, 0.2) is 0 Å². The van der Waals surface area contributed by atoms with Crippen LogP contribution in [-0.2, 0) is 9.59 Å². The van der Waals surface area contributed by atoms with Gasteiger partial charge in [-0.05, 0) is 12.8 Å². The number of unbranched alkanes of at least 4 members (excludes halogenated alkanes) is 2. The predicted octanol–water partition coefficient (Wildman–Crippen LogP) is 0.428. The molecular formula is C10H19NO4S. The number of nitrogens with one attached hydrogen (secondary N) is 1. The number of carboxylic acid groups (broad SMARTS) is 1. The Hall–Kier alpha value is -0.750. The van der Waals surface area contributed by atoms with Crippen molar-refractivity contribution in [2.24, 2.45) is 0 Å². The highest BCUT2D eigenvalue weighted by atomic mass is 32.1. The predicted molar refractivity (Wildman–Crippen MR) is 63.6 cm³/mol. The molecule has 0 spiro atoms. The summed E-state index contributed by atoms with van der Waals surface area (Å²) in [4.78, 5) is 22.1. The Morgan fingerprint density at radius 2 is 1.94 bits per heavy atom. The molecule has 0 fully saturated rings. The average molecular weight is 249 g/mol. The number of rotatable bonds is 8. The fraction of sp³-hybridized carbons (Fsp3) is 0.800. The van der Waals surface area contributed by atoms with Gasteiger partial charge in [0.1, 0.15) is 5.54 Å². The maximum absolute atomic E-state index is 11.1. The lowest BCUT2D eigenvalue weighted by molar-refractivity contribution is -0.146. The smallest absolute Gasteiger partial charge is 0.330 e. The largest absolute Gasteiger partial charge is 0.479 e. The Morgan fingerprint density at radius 3 is 2.31 bits per heavy atom. The number of aliphatic carboxylic acids is 1. The lowest BCUT2D eigenvalue weighted by Gasteiger charge is -2.28. The molecule has 0 aromatic rings. The van der Waals surface area contributed by atoms with Crippen molar-refractivity contribution in [3.8, 4) is 0 Å². The van der Waals surface area contributed by atoms with Crippen LogP contribution in [0.1, 0.15) is 32.6 Å². The third-order valence-corrected chi connectivity index (χ3v) is 2.90. The number of aliphatic hydroxyl groups excluding tert-OH is 1. The molecule has 6 heteroatoms. The Balaban J connectivity index is 4.39. The highest BCUT2D eigenvalue weighted by Crippen LogP contribution is 2.17. The quantitative estimate of drug-likeness (QED) is 0.371. The summed E-state index contributed by atoms with van der Waals surface area (Å²) in [6.45, 7) is 1.38. The second-order valence-corrected chi connectivity index (χ2v) is 4.08. The molecule has 0 unspecified atom stereocenters. The van der Waals surface area contributed by atoms with E-state index in [0.29, 0.717) is 19.3 Å². The van der Waals surface area contributed by atoms with Crippen molar-refractivity contribution in [2.75, 3.05) is 12.4 Å². The van der Waals surface area contributed by atoms with Crippen LogP contribution < -0.4 is 5.32 Å². The molecule has 5 nitrogen and oxygen atoms in total. The zero-order valence-corrected chi connectivity index (χ0v) is 10.3. The SMILES string of the molecule is CC(=O)N[C@](CS)(CCCCCO)C(=O)O. The van der Waals surface area contributed by atoms with E-state index in [1.54, 1.807) is 0 Å². The first-order chi connectivity index (χ1) is 7.48. The highest BCUT2D eigenvalue weighted by molar-refractivity contribution is 7.80. The normalized spacial score (nSPS) is 14.2. The molecule has 94 valence electrons. The van der Waals surface area contributed by atoms with E-state index in [4.69, 9.17) is 10.2 Å². The summed E-state index contributed by atoms with van der Waals surface area (Å²) >= 11 is 4.00. The maximum atomic E-state index is 11.1. The summed E-state index contributed by atoms with van der Waals surface area (Å²) in [7, 11) is 0. The fourth-order valence-corrected chi connectivity index (χ4v) is 1.83. The summed E-state index contributed by atoms with van der Waals surface area (Å²) < 4.78 is 0. The van der Waals surface area contributed by atoms with Gasteiger partial charge in [0.15, 0.2) is 0 Å². The third kappa shape index (κ3) is 4.85. The van der Waals surface area contributed by atoms with E-state index in [1.807, 2.05) is 0 Å². The van der Waals surface area contributed by atoms with Gasteiger partial charge in [0.05, 0.1) is 0 Å². The molecule has 0 radical (unpaired) electrons. The van der Waals surface area contributed by atoms with Crippen molar-refractivity contribution in [3.63, 3.8) is 0 Å². The number of amides is 1. The van der Waals surface area contributed by atoms with Gasteiger partial charge in [0.25, 0.3) is 0 Å². The summed E-state index contributed by atoms with van der Waals surface area (Å²) in [5, 5.41) is 20.2. The molecule has 0 aliphatic heterocycles. The second-order valence-electron chi connectivity index (χ2n) is 3.76. The van der Waals surface area contributed by atoms with Crippen molar-refractivity contribution >= 4 is 24.5 Å². The first-order valence-electron chi connectivity index (χ1n) is 5.22. The molecule has 1 atom stereocenters. The summed E-state index contributed by atoms with van der Waals surface area (Å²) in [6.07, 6.45) is 2.33. The molecule has 0 aliphatic carbocycles. The molecule has 0 aromatic carbocycles. The molecular weight excluding hydrogens is 230 g/mol. The van der Waals surface area contributed by atoms with E-state index in [2.05, 4.69) is 17.9 Å². The summed E-state index contributed by atoms with van der Waals surface area (Å²) in [5.41, 5.74) is -1.29. The minimum absolute atomic E-state index is 0.0566. The van der Waals surface area contributed by atoms with Crippen LogP contribution in [0, 0.1) is 0 Å². The van der Waals surface area contributed by atoms with E-state index < -0.39 is 11.5 Å². The average Bonchev–Trinajstić information content (AvgIpc) is 2.21. The minimum atomic E-state index is -1.29. The Kier molecular flexibility index (Phi) is 7.16. The second kappa shape index (κ2) is 7.51. The van der Waals surface area contributed by atoms with E-state index >= 15 is 0 Å². The van der Waals surface area contributed by atoms with Crippen LogP contribution >= 0.6 is 12.6 Å². The number of thiol groups is 1. The summed E-state index contributed by atoms with van der Waals surface area (Å²) in [5.74, 6) is -1.39. The van der Waals surface area contributed by atoms with Gasteiger partial charge in [0.2, 0.25) is 5.91 Å². The van der Waals surface area contributed by atoms with Crippen molar-refractivity contribution in [1.82, 2.24) is 5.32 Å². The molecule has 0 aromatic heterocycles. The molecule has 0 heterocycles. The molecule has 0 bridgehead atoms. The molecule has 0 aliphatic rings. The minimum Gasteiger partial charge on any atom is -0.479 e. The first kappa shape index (κ1) is 15.2. The van der Waals surface area contributed by atoms with E-state index in [9.17, 15) is 9.59 Å². The van der Waals surface area contributed by atoms with E-state index in [0.717, 1.165) is 6.42 Å². The lowest BCUT2D eigenvalue weighted by atomic mass is 9.94. The maximum Gasteiger partial charge on any atom is 0.330 e. The van der Waals surface area contributed by atoms with Crippen molar-refractivity contribution < 1.29 is 19.8 Å². The number of carbonyl (C=O) groups excluding carboxylic acids is 1. The van der Waals surface area contributed by atoms with E-state index in [-0.39, 0.29) is 18.3 Å². The molecule has 0 saturated heterocycles. The van der Waals surface area contributed by atoms with Crippen LogP contribution in [0.5, 0.6) is 0 Å². The van der Waals surface area contributed by atoms with Gasteiger partial charge in [-0.25, -0.2) is 4.79 Å². The first-order valence-corrected chi connectivity index (χ1v) is 5.85. The Bertz CT molecular complexity index is 247. The van der Waals surface area contributed by atoms with E-state index in [1.165, 1.54) is 6.92 Å². The van der Waals surface area contributed by atoms with Gasteiger partial charge < -0.3 is 15.5 Å². The Labute approximate surface area is 101 Å². The van der Waals surface area contributed by atoms with Gasteiger partial charge in [-0.1, -0.05) is 12.8 Å². The van der Waals surface area contributed by atoms with Crippen LogP contribution in [0.4, 0.5) is 0 Å². The highest BCUT2D eigenvalue weighted by Gasteiger charge is 2.37. The van der Waals surface area contributed by atoms with Crippen LogP contribution in [0.25, 0.3) is 0 Å². The molecule has 1 amide bonds. The molecule has 0 saturated carbocycles. The number of aliphatic hydroxyl groups is 1. The van der Waals surface area contributed by atoms with Crippen LogP contribution in [-0.4, -0.2) is 40.0 Å². The monoisotopic (exact) mass is 249 g/mol. The van der Waals surface area contributed by atoms with Crippen molar-refractivity contribution in [2.45, 2.75) is 38.1 Å². The molecule has 0 rings (SSSR count). The number of carboxylic acids is 1. The number of hydrogen-bond donors (Lipinski definition) is 4. The molecule has 3 N–H and O–H groups in total. The van der Waals surface area contributed by atoms with Gasteiger partial charge in [0, 0.05) is 19.3 Å². The van der Waals surface area contributed by atoms with Crippen LogP contribution in [0.3, 0.4) is 0 Å². The lowest BCUT2D eigenvalue weighted by Crippen LogP contribution is -2.55. The van der Waals surface area contributed by atoms with Gasteiger partial charge >= 0.3 is 5.97 Å². The van der Waals surface area contributed by atoms with Crippen molar-refractivity contribution in [3.05, 3.63) is 0 Å². The topological polar surface area (TPSA) is 86.6 Å². The standard InChI is InChI=1S/C10H19NO4S/c1-8(13)11-10(7-16,9(14)15)5-3-2-4-6-12/h12,16H,2-7H2,1H3,(H,11,13)(H,14,15)/t10-/m0/s1.